The first-order valence-electron chi connectivity index (χ1n) is 18.0. The molecule has 0 saturated heterocycles. The Bertz CT molecular complexity index is 2690. The Morgan fingerprint density at radius 1 is 0.404 bits per heavy atom. The molecule has 1 heterocycles. The van der Waals surface area contributed by atoms with E-state index in [0.717, 1.165) is 22.7 Å². The number of hydrogen-bond acceptors (Lipinski definition) is 1. The zero-order chi connectivity index (χ0) is 34.6. The molecule has 2 nitrogen and oxygen atoms in total. The maximum Gasteiger partial charge on any atom is 0.0542 e. The summed E-state index contributed by atoms with van der Waals surface area (Å²) in [6, 6.07) is 73.0. The second kappa shape index (κ2) is 12.0. The predicted molar refractivity (Wildman–Crippen MR) is 218 cm³/mol. The van der Waals surface area contributed by atoms with Gasteiger partial charge in [-0.15, -0.1) is 0 Å². The summed E-state index contributed by atoms with van der Waals surface area (Å²) in [4.78, 5) is 2.47. The number of hydrogen-bond donors (Lipinski definition) is 0. The molecule has 0 aliphatic heterocycles. The summed E-state index contributed by atoms with van der Waals surface area (Å²) in [5, 5.41) is 2.46. The average molecular weight is 665 g/mol. The van der Waals surface area contributed by atoms with Gasteiger partial charge in [-0.05, 0) is 100 Å². The van der Waals surface area contributed by atoms with E-state index < -0.39 is 0 Å². The maximum absolute atomic E-state index is 2.47. The van der Waals surface area contributed by atoms with E-state index >= 15 is 0 Å². The number of anilines is 3. The molecule has 0 spiro atoms. The van der Waals surface area contributed by atoms with E-state index in [9.17, 15) is 0 Å². The van der Waals surface area contributed by atoms with Crippen LogP contribution >= 0.6 is 0 Å². The van der Waals surface area contributed by atoms with Gasteiger partial charge in [0.2, 0.25) is 0 Å². The zero-order valence-electron chi connectivity index (χ0n) is 28.9. The molecule has 1 aliphatic carbocycles. The predicted octanol–water partition coefficient (Wildman–Crippen LogP) is 13.3. The lowest BCUT2D eigenvalue weighted by atomic mass is 9.73. The van der Waals surface area contributed by atoms with Gasteiger partial charge in [0.1, 0.15) is 0 Å². The summed E-state index contributed by atoms with van der Waals surface area (Å²) >= 11 is 0. The molecule has 8 aromatic carbocycles. The Labute approximate surface area is 304 Å². The van der Waals surface area contributed by atoms with E-state index in [-0.39, 0.29) is 5.41 Å². The van der Waals surface area contributed by atoms with E-state index in [1.54, 1.807) is 0 Å². The van der Waals surface area contributed by atoms with Crippen LogP contribution in [-0.4, -0.2) is 4.57 Å². The highest BCUT2D eigenvalue weighted by atomic mass is 15.1. The molecule has 0 unspecified atom stereocenters. The molecule has 1 aliphatic rings. The number of benzene rings is 8. The maximum atomic E-state index is 2.47. The van der Waals surface area contributed by atoms with Crippen LogP contribution in [-0.2, 0) is 5.41 Å². The van der Waals surface area contributed by atoms with Crippen molar-refractivity contribution in [2.24, 2.45) is 0 Å². The minimum absolute atomic E-state index is 0.362. The highest BCUT2D eigenvalue weighted by Gasteiger charge is 2.42. The number of fused-ring (bicyclic) bond motifs is 6. The van der Waals surface area contributed by atoms with Gasteiger partial charge in [-0.25, -0.2) is 0 Å². The molecule has 0 saturated carbocycles. The van der Waals surface area contributed by atoms with Gasteiger partial charge < -0.3 is 9.47 Å². The van der Waals surface area contributed by atoms with Gasteiger partial charge in [0.15, 0.2) is 0 Å². The Morgan fingerprint density at radius 2 is 0.923 bits per heavy atom. The molecular weight excluding hydrogens is 629 g/mol. The van der Waals surface area contributed by atoms with Crippen molar-refractivity contribution in [3.05, 3.63) is 217 Å². The van der Waals surface area contributed by atoms with Crippen molar-refractivity contribution in [3.63, 3.8) is 0 Å². The largest absolute Gasteiger partial charge is 0.310 e. The molecule has 2 heteroatoms. The van der Waals surface area contributed by atoms with Crippen LogP contribution < -0.4 is 4.90 Å². The highest BCUT2D eigenvalue weighted by molar-refractivity contribution is 6.10. The molecule has 10 rings (SSSR count). The molecule has 1 aromatic heterocycles. The fraction of sp³-hybridized carbons (Fsp3) is 0.0400. The van der Waals surface area contributed by atoms with Crippen molar-refractivity contribution in [1.82, 2.24) is 4.57 Å². The van der Waals surface area contributed by atoms with E-state index in [1.165, 1.54) is 60.8 Å². The van der Waals surface area contributed by atoms with E-state index in [4.69, 9.17) is 0 Å². The third kappa shape index (κ3) is 4.58. The number of para-hydroxylation sites is 3. The van der Waals surface area contributed by atoms with Crippen LogP contribution in [0, 0.1) is 0 Å². The fourth-order valence-electron chi connectivity index (χ4n) is 8.65. The Balaban J connectivity index is 1.22. The number of nitrogens with zero attached hydrogens (tertiary/aromatic N) is 2. The third-order valence-corrected chi connectivity index (χ3v) is 11.1. The van der Waals surface area contributed by atoms with Crippen LogP contribution in [0.25, 0.3) is 49.7 Å². The summed E-state index contributed by atoms with van der Waals surface area (Å²) in [5.41, 5.74) is 15.6. The summed E-state index contributed by atoms with van der Waals surface area (Å²) in [7, 11) is 0. The monoisotopic (exact) mass is 664 g/mol. The van der Waals surface area contributed by atoms with Crippen molar-refractivity contribution in [3.8, 4) is 27.9 Å². The van der Waals surface area contributed by atoms with Gasteiger partial charge in [0.05, 0.1) is 16.7 Å². The summed E-state index contributed by atoms with van der Waals surface area (Å²) in [6.45, 7) is 2.41. The fourth-order valence-corrected chi connectivity index (χ4v) is 8.65. The van der Waals surface area contributed by atoms with Gasteiger partial charge in [-0.2, -0.15) is 0 Å². The summed E-state index contributed by atoms with van der Waals surface area (Å²) in [6.07, 6.45) is 0. The van der Waals surface area contributed by atoms with Crippen LogP contribution in [0.3, 0.4) is 0 Å². The van der Waals surface area contributed by atoms with Gasteiger partial charge >= 0.3 is 0 Å². The third-order valence-electron chi connectivity index (χ3n) is 11.1. The topological polar surface area (TPSA) is 8.17 Å². The van der Waals surface area contributed by atoms with Crippen LogP contribution in [0.4, 0.5) is 17.1 Å². The summed E-state index contributed by atoms with van der Waals surface area (Å²) < 4.78 is 2.38. The van der Waals surface area contributed by atoms with E-state index in [0.29, 0.717) is 0 Å². The molecule has 0 radical (unpaired) electrons. The van der Waals surface area contributed by atoms with Gasteiger partial charge in [0.25, 0.3) is 0 Å². The molecule has 9 aromatic rings. The van der Waals surface area contributed by atoms with Crippen molar-refractivity contribution < 1.29 is 0 Å². The lowest BCUT2D eigenvalue weighted by Crippen LogP contribution is -2.25. The highest BCUT2D eigenvalue weighted by Crippen LogP contribution is 2.55. The minimum atomic E-state index is -0.362. The van der Waals surface area contributed by atoms with Gasteiger partial charge in [-0.1, -0.05) is 146 Å². The molecule has 246 valence electrons. The lowest BCUT2D eigenvalue weighted by molar-refractivity contribution is 0.714. The van der Waals surface area contributed by atoms with E-state index in [2.05, 4.69) is 217 Å². The second-order valence-corrected chi connectivity index (χ2v) is 13.9. The molecule has 0 atom stereocenters. The SMILES string of the molecule is CC1(c2ccccc2N(c2ccc(-c3ccccc3)cc2)c2ccc3c(c2)c2ccccc2n3-c2ccccc2)c2ccccc2-c2ccccc21. The molecule has 0 N–H and O–H groups in total. The molecule has 0 fully saturated rings. The molecule has 0 bridgehead atoms. The Hall–Kier alpha value is -6.64. The lowest BCUT2D eigenvalue weighted by Gasteiger charge is -2.35. The molecule has 52 heavy (non-hydrogen) atoms. The quantitative estimate of drug-likeness (QED) is 0.172. The van der Waals surface area contributed by atoms with Crippen LogP contribution in [0.15, 0.2) is 200 Å². The van der Waals surface area contributed by atoms with Crippen molar-refractivity contribution in [2.75, 3.05) is 4.90 Å². The van der Waals surface area contributed by atoms with Gasteiger partial charge in [-0.3, -0.25) is 0 Å². The van der Waals surface area contributed by atoms with Crippen molar-refractivity contribution >= 4 is 38.9 Å². The van der Waals surface area contributed by atoms with Gasteiger partial charge in [0, 0.05) is 33.2 Å². The standard InChI is InChI=1S/C50H36N2/c1-50(44-23-11-8-20-40(44)41-21-9-12-24-45(41)50)46-25-13-15-27-49(46)51(38-30-28-36(29-31-38)35-16-4-2-5-17-35)39-32-33-48-43(34-39)42-22-10-14-26-47(42)52(48)37-18-6-3-7-19-37/h2-34H,1H3. The smallest absolute Gasteiger partial charge is 0.0542 e. The first kappa shape index (κ1) is 30.2. The Morgan fingerprint density at radius 3 is 1.63 bits per heavy atom. The van der Waals surface area contributed by atoms with Crippen LogP contribution in [0.1, 0.15) is 23.6 Å². The number of rotatable bonds is 6. The zero-order valence-corrected chi connectivity index (χ0v) is 28.9. The van der Waals surface area contributed by atoms with Crippen LogP contribution in [0.5, 0.6) is 0 Å². The van der Waals surface area contributed by atoms with E-state index in [1.807, 2.05) is 0 Å². The summed E-state index contributed by atoms with van der Waals surface area (Å²) in [5.74, 6) is 0. The minimum Gasteiger partial charge on any atom is -0.310 e. The molecular formula is C50H36N2. The Kier molecular flexibility index (Phi) is 6.97. The van der Waals surface area contributed by atoms with Crippen molar-refractivity contribution in [1.29, 1.82) is 0 Å². The van der Waals surface area contributed by atoms with Crippen molar-refractivity contribution in [2.45, 2.75) is 12.3 Å². The second-order valence-electron chi connectivity index (χ2n) is 13.9. The normalized spacial score (nSPS) is 12.9. The first-order chi connectivity index (χ1) is 25.7. The average Bonchev–Trinajstić information content (AvgIpc) is 3.69. The molecule has 0 amide bonds. The number of aromatic nitrogens is 1. The van der Waals surface area contributed by atoms with Crippen LogP contribution in [0.2, 0.25) is 0 Å². The first-order valence-corrected chi connectivity index (χ1v) is 18.0.